The molecule has 0 aromatic carbocycles. The Bertz CT molecular complexity index is 790. The number of aliphatic hydroxyl groups excluding tert-OH is 4. The summed E-state index contributed by atoms with van der Waals surface area (Å²) in [6.07, 6.45) is -0.143. The maximum absolute atomic E-state index is 12.0. The highest BCUT2D eigenvalue weighted by molar-refractivity contribution is 8.76. The summed E-state index contributed by atoms with van der Waals surface area (Å²) in [5, 5.41) is 56.8. The van der Waals surface area contributed by atoms with Crippen LogP contribution in [0.3, 0.4) is 0 Å². The third-order valence-electron chi connectivity index (χ3n) is 6.62. The zero-order chi connectivity index (χ0) is 29.7. The highest BCUT2D eigenvalue weighted by Gasteiger charge is 2.44. The molecule has 0 spiro atoms. The van der Waals surface area contributed by atoms with Crippen LogP contribution in [0.2, 0.25) is 0 Å². The fourth-order valence-corrected chi connectivity index (χ4v) is 6.04. The van der Waals surface area contributed by atoms with Gasteiger partial charge in [0.15, 0.2) is 11.4 Å². The quantitative estimate of drug-likeness (QED) is 0.0347. The summed E-state index contributed by atoms with van der Waals surface area (Å²) in [5.74, 6) is 1.94. The van der Waals surface area contributed by atoms with E-state index in [1.54, 1.807) is 10.8 Å². The summed E-state index contributed by atoms with van der Waals surface area (Å²) in [5.41, 5.74) is 1.03. The highest BCUT2D eigenvalue weighted by atomic mass is 33.1. The third-order valence-corrected chi connectivity index (χ3v) is 9.08. The first-order chi connectivity index (χ1) is 20.0. The lowest BCUT2D eigenvalue weighted by atomic mass is 9.80. The van der Waals surface area contributed by atoms with E-state index in [-0.39, 0.29) is 19.6 Å². The van der Waals surface area contributed by atoms with Crippen molar-refractivity contribution in [1.82, 2.24) is 5.32 Å². The van der Waals surface area contributed by atoms with Gasteiger partial charge in [-0.05, 0) is 25.7 Å². The minimum Gasteiger partial charge on any atom is -0.394 e. The SMILES string of the molecule is N#[N+]/N=C(/CCCSSCCOCCOCCOCCOCCC(=O)NC1C(O)OC(CO)C(O)C1O)C1CCC1. The number of carbonyl (C=O) groups excluding carboxylic acids is 1. The minimum absolute atomic E-state index is 0.0192. The number of aliphatic hydroxyl groups is 4. The number of amides is 1. The zero-order valence-corrected chi connectivity index (χ0v) is 25.0. The van der Waals surface area contributed by atoms with Gasteiger partial charge in [-0.3, -0.25) is 4.79 Å². The van der Waals surface area contributed by atoms with Gasteiger partial charge in [-0.15, -0.1) is 0 Å². The average molecular weight is 626 g/mol. The number of diazo groups is 1. The van der Waals surface area contributed by atoms with Crippen LogP contribution >= 0.6 is 21.6 Å². The molecule has 0 aromatic heterocycles. The molecule has 0 radical (unpaired) electrons. The monoisotopic (exact) mass is 625 g/mol. The van der Waals surface area contributed by atoms with E-state index < -0.39 is 43.2 Å². The van der Waals surface area contributed by atoms with Crippen LogP contribution in [-0.4, -0.2) is 134 Å². The lowest BCUT2D eigenvalue weighted by molar-refractivity contribution is -0.253. The maximum atomic E-state index is 12.0. The van der Waals surface area contributed by atoms with Gasteiger partial charge in [0.1, 0.15) is 30.1 Å². The topological polar surface area (TPSA) is 197 Å². The van der Waals surface area contributed by atoms with E-state index in [1.807, 2.05) is 10.8 Å². The second-order valence-corrected chi connectivity index (χ2v) is 12.3. The molecule has 1 saturated heterocycles. The van der Waals surface area contributed by atoms with Crippen molar-refractivity contribution in [2.24, 2.45) is 11.0 Å². The van der Waals surface area contributed by atoms with Crippen molar-refractivity contribution in [3.63, 3.8) is 0 Å². The number of nitrogens with zero attached hydrogens (tertiary/aromatic N) is 3. The summed E-state index contributed by atoms with van der Waals surface area (Å²) >= 11 is 0. The maximum Gasteiger partial charge on any atom is 0.338 e. The zero-order valence-electron chi connectivity index (χ0n) is 23.4. The lowest BCUT2D eigenvalue weighted by Crippen LogP contribution is -2.64. The number of ether oxygens (including phenoxy) is 5. The molecule has 2 rings (SSSR count). The second kappa shape index (κ2) is 22.4. The van der Waals surface area contributed by atoms with Gasteiger partial charge < -0.3 is 49.4 Å². The predicted molar refractivity (Wildman–Crippen MR) is 154 cm³/mol. The van der Waals surface area contributed by atoms with Crippen LogP contribution in [0, 0.1) is 11.3 Å². The predicted octanol–water partition coefficient (Wildman–Crippen LogP) is 0.530. The van der Waals surface area contributed by atoms with Gasteiger partial charge in [0.05, 0.1) is 59.5 Å². The summed E-state index contributed by atoms with van der Waals surface area (Å²) in [6.45, 7) is 2.66. The van der Waals surface area contributed by atoms with Crippen molar-refractivity contribution in [2.75, 3.05) is 71.0 Å². The average Bonchev–Trinajstić information content (AvgIpc) is 2.93. The number of hydrogen-bond donors (Lipinski definition) is 5. The fourth-order valence-electron chi connectivity index (χ4n) is 4.10. The van der Waals surface area contributed by atoms with Gasteiger partial charge in [-0.25, -0.2) is 0 Å². The van der Waals surface area contributed by atoms with Crippen molar-refractivity contribution < 1.29 is 48.9 Å². The molecule has 5 N–H and O–H groups in total. The third kappa shape index (κ3) is 14.8. The van der Waals surface area contributed by atoms with Crippen LogP contribution < -0.4 is 5.32 Å². The fraction of sp³-hybridized carbons (Fsp3) is 0.920. The highest BCUT2D eigenvalue weighted by Crippen LogP contribution is 2.30. The van der Waals surface area contributed by atoms with Crippen molar-refractivity contribution in [3.05, 3.63) is 5.08 Å². The molecule has 41 heavy (non-hydrogen) atoms. The molecule has 1 aliphatic carbocycles. The Morgan fingerprint density at radius 1 is 0.902 bits per heavy atom. The Balaban J connectivity index is 1.30. The van der Waals surface area contributed by atoms with E-state index in [9.17, 15) is 20.1 Å². The molecule has 236 valence electrons. The van der Waals surface area contributed by atoms with E-state index in [2.05, 4.69) is 15.5 Å². The summed E-state index contributed by atoms with van der Waals surface area (Å²) in [7, 11) is 3.60. The summed E-state index contributed by atoms with van der Waals surface area (Å²) in [6, 6.07) is -1.21. The molecular weight excluding hydrogens is 580 g/mol. The Labute approximate surface area is 248 Å². The Morgan fingerprint density at radius 2 is 1.51 bits per heavy atom. The van der Waals surface area contributed by atoms with Crippen molar-refractivity contribution in [3.8, 4) is 0 Å². The lowest BCUT2D eigenvalue weighted by Gasteiger charge is -2.40. The van der Waals surface area contributed by atoms with Gasteiger partial charge >= 0.3 is 5.08 Å². The van der Waals surface area contributed by atoms with Gasteiger partial charge in [0.2, 0.25) is 5.91 Å². The Kier molecular flexibility index (Phi) is 19.8. The first-order valence-electron chi connectivity index (χ1n) is 14.0. The molecule has 5 unspecified atom stereocenters. The van der Waals surface area contributed by atoms with Crippen LogP contribution in [0.1, 0.15) is 38.5 Å². The van der Waals surface area contributed by atoms with Crippen LogP contribution in [0.25, 0.3) is 5.08 Å². The van der Waals surface area contributed by atoms with Crippen LogP contribution in [0.4, 0.5) is 0 Å². The standard InChI is InChI=1S/C25H44N4O10S2/c26-29-28-19(18-3-1-4-18)5-2-15-40-41-16-14-38-13-12-37-11-10-36-9-8-35-7-6-21(31)27-22-24(33)23(32)20(17-30)39-25(22)34/h18,20,22-25,30,32-34H,1-17H2/p+1/b28-19-. The van der Waals surface area contributed by atoms with Crippen LogP contribution in [-0.2, 0) is 28.5 Å². The molecule has 1 amide bonds. The van der Waals surface area contributed by atoms with Gasteiger partial charge in [-0.1, -0.05) is 28.0 Å². The molecule has 1 aliphatic heterocycles. The number of nitrogens with one attached hydrogen (secondary N) is 1. The molecule has 14 nitrogen and oxygen atoms in total. The van der Waals surface area contributed by atoms with E-state index in [0.717, 1.165) is 42.9 Å². The van der Waals surface area contributed by atoms with E-state index >= 15 is 0 Å². The molecule has 1 heterocycles. The Hall–Kier alpha value is -1.10. The number of hydrogen-bond acceptors (Lipinski definition) is 14. The minimum atomic E-state index is -1.55. The molecular formula is C25H45N4O10S2+. The molecule has 0 bridgehead atoms. The molecule has 16 heteroatoms. The number of rotatable bonds is 23. The van der Waals surface area contributed by atoms with Gasteiger partial charge in [0, 0.05) is 23.8 Å². The smallest absolute Gasteiger partial charge is 0.338 e. The van der Waals surface area contributed by atoms with Crippen molar-refractivity contribution in [1.29, 1.82) is 5.39 Å². The van der Waals surface area contributed by atoms with Crippen LogP contribution in [0.5, 0.6) is 0 Å². The molecule has 2 fully saturated rings. The van der Waals surface area contributed by atoms with Crippen molar-refractivity contribution >= 4 is 33.2 Å². The largest absolute Gasteiger partial charge is 0.394 e. The van der Waals surface area contributed by atoms with Gasteiger partial charge in [0.25, 0.3) is 5.39 Å². The first kappa shape index (κ1) is 36.1. The second-order valence-electron chi connectivity index (χ2n) is 9.58. The molecule has 5 atom stereocenters. The molecule has 2 aliphatic rings. The summed E-state index contributed by atoms with van der Waals surface area (Å²) < 4.78 is 26.8. The number of carbonyl (C=O) groups is 1. The Morgan fingerprint density at radius 3 is 2.10 bits per heavy atom. The van der Waals surface area contributed by atoms with E-state index in [4.69, 9.17) is 34.2 Å². The molecule has 0 aromatic rings. The van der Waals surface area contributed by atoms with Gasteiger partial charge in [-0.2, -0.15) is 0 Å². The molecule has 1 saturated carbocycles. The normalized spacial score (nSPS) is 25.0. The first-order valence-corrected chi connectivity index (χ1v) is 16.5. The summed E-state index contributed by atoms with van der Waals surface area (Å²) in [4.78, 5) is 12.0. The van der Waals surface area contributed by atoms with E-state index in [0.29, 0.717) is 45.6 Å². The van der Waals surface area contributed by atoms with Crippen molar-refractivity contribution in [2.45, 2.75) is 69.2 Å². The van der Waals surface area contributed by atoms with Crippen LogP contribution in [0.15, 0.2) is 5.10 Å². The van der Waals surface area contributed by atoms with E-state index in [1.165, 1.54) is 6.42 Å².